The van der Waals surface area contributed by atoms with Crippen LogP contribution < -0.4 is 5.32 Å². The number of aliphatic imine (C=N–C) groups is 1. The van der Waals surface area contributed by atoms with E-state index in [4.69, 9.17) is 0 Å². The fraction of sp³-hybridized carbons (Fsp3) is 0.316. The molecule has 1 N–H and O–H groups in total. The van der Waals surface area contributed by atoms with Crippen molar-refractivity contribution in [2.75, 3.05) is 19.0 Å². The number of nitrogens with zero attached hydrogens (tertiary/aromatic N) is 2. The van der Waals surface area contributed by atoms with Crippen LogP contribution in [0.1, 0.15) is 22.3 Å². The van der Waals surface area contributed by atoms with Crippen LogP contribution in [0.5, 0.6) is 0 Å². The molecule has 0 saturated carbocycles. The first kappa shape index (κ1) is 16.1. The molecule has 0 aliphatic rings. The molecular formula is C19H25N3. The molecule has 3 nitrogen and oxygen atoms in total. The average Bonchev–Trinajstić information content (AvgIpc) is 2.45. The predicted molar refractivity (Wildman–Crippen MR) is 96.2 cm³/mol. The third-order valence-corrected chi connectivity index (χ3v) is 3.65. The summed E-state index contributed by atoms with van der Waals surface area (Å²) in [5, 5.41) is 3.43. The standard InChI is InChI=1S/C19H25N3/c1-14-6-8-18(16(3)10-14)20-12-22(5)13-21-19-9-7-15(2)11-17(19)4/h6-12,21H,13H2,1-5H3. The van der Waals surface area contributed by atoms with E-state index < -0.39 is 0 Å². The van der Waals surface area contributed by atoms with Gasteiger partial charge in [-0.25, -0.2) is 4.99 Å². The molecule has 0 aliphatic heterocycles. The second-order valence-corrected chi connectivity index (χ2v) is 5.94. The molecule has 2 rings (SSSR count). The van der Waals surface area contributed by atoms with Crippen LogP contribution >= 0.6 is 0 Å². The third-order valence-electron chi connectivity index (χ3n) is 3.65. The van der Waals surface area contributed by atoms with Crippen molar-refractivity contribution in [2.24, 2.45) is 4.99 Å². The van der Waals surface area contributed by atoms with E-state index in [0.717, 1.165) is 18.0 Å². The summed E-state index contributed by atoms with van der Waals surface area (Å²) in [4.78, 5) is 6.60. The predicted octanol–water partition coefficient (Wildman–Crippen LogP) is 4.58. The molecule has 0 aromatic heterocycles. The van der Waals surface area contributed by atoms with Gasteiger partial charge in [-0.1, -0.05) is 35.4 Å². The third kappa shape index (κ3) is 4.35. The summed E-state index contributed by atoms with van der Waals surface area (Å²) in [5.41, 5.74) is 7.20. The first-order chi connectivity index (χ1) is 10.5. The summed E-state index contributed by atoms with van der Waals surface area (Å²) in [7, 11) is 2.02. The molecular weight excluding hydrogens is 270 g/mol. The van der Waals surface area contributed by atoms with Crippen molar-refractivity contribution >= 4 is 17.7 Å². The van der Waals surface area contributed by atoms with Crippen LogP contribution in [0.25, 0.3) is 0 Å². The molecule has 0 fully saturated rings. The van der Waals surface area contributed by atoms with Crippen LogP contribution in [-0.4, -0.2) is 25.0 Å². The molecule has 22 heavy (non-hydrogen) atoms. The maximum absolute atomic E-state index is 4.56. The number of hydrogen-bond acceptors (Lipinski definition) is 2. The van der Waals surface area contributed by atoms with Crippen LogP contribution in [0.15, 0.2) is 41.4 Å². The van der Waals surface area contributed by atoms with Gasteiger partial charge in [-0.3, -0.25) is 0 Å². The molecule has 0 aliphatic carbocycles. The van der Waals surface area contributed by atoms with Crippen LogP contribution in [-0.2, 0) is 0 Å². The van der Waals surface area contributed by atoms with Gasteiger partial charge >= 0.3 is 0 Å². The molecule has 0 spiro atoms. The lowest BCUT2D eigenvalue weighted by atomic mass is 10.1. The van der Waals surface area contributed by atoms with Crippen molar-refractivity contribution in [3.63, 3.8) is 0 Å². The number of aryl methyl sites for hydroxylation is 4. The second kappa shape index (κ2) is 7.12. The van der Waals surface area contributed by atoms with Gasteiger partial charge in [0.25, 0.3) is 0 Å². The minimum Gasteiger partial charge on any atom is -0.368 e. The van der Waals surface area contributed by atoms with Gasteiger partial charge in [-0.15, -0.1) is 0 Å². The highest BCUT2D eigenvalue weighted by Gasteiger charge is 1.99. The van der Waals surface area contributed by atoms with E-state index in [1.165, 1.54) is 22.3 Å². The lowest BCUT2D eigenvalue weighted by Crippen LogP contribution is -2.23. The minimum atomic E-state index is 0.721. The average molecular weight is 295 g/mol. The molecule has 0 unspecified atom stereocenters. The highest BCUT2D eigenvalue weighted by atomic mass is 15.2. The zero-order chi connectivity index (χ0) is 16.1. The number of nitrogens with one attached hydrogen (secondary N) is 1. The van der Waals surface area contributed by atoms with E-state index in [1.54, 1.807) is 0 Å². The number of benzene rings is 2. The molecule has 0 radical (unpaired) electrons. The van der Waals surface area contributed by atoms with Crippen molar-refractivity contribution in [1.82, 2.24) is 4.90 Å². The highest BCUT2D eigenvalue weighted by Crippen LogP contribution is 2.19. The summed E-state index contributed by atoms with van der Waals surface area (Å²) in [6.07, 6.45) is 1.87. The van der Waals surface area contributed by atoms with Crippen molar-refractivity contribution in [3.05, 3.63) is 58.7 Å². The quantitative estimate of drug-likeness (QED) is 0.496. The second-order valence-electron chi connectivity index (χ2n) is 5.94. The van der Waals surface area contributed by atoms with E-state index in [1.807, 2.05) is 18.3 Å². The minimum absolute atomic E-state index is 0.721. The molecule has 0 bridgehead atoms. The molecule has 0 atom stereocenters. The zero-order valence-corrected chi connectivity index (χ0v) is 14.1. The van der Waals surface area contributed by atoms with Crippen molar-refractivity contribution in [2.45, 2.75) is 27.7 Å². The number of anilines is 1. The summed E-state index contributed by atoms with van der Waals surface area (Å²) >= 11 is 0. The summed E-state index contributed by atoms with van der Waals surface area (Å²) in [5.74, 6) is 0. The monoisotopic (exact) mass is 295 g/mol. The Bertz CT molecular complexity index is 674. The van der Waals surface area contributed by atoms with Gasteiger partial charge in [0.1, 0.15) is 0 Å². The Kier molecular flexibility index (Phi) is 5.21. The van der Waals surface area contributed by atoms with E-state index in [0.29, 0.717) is 0 Å². The van der Waals surface area contributed by atoms with Crippen molar-refractivity contribution < 1.29 is 0 Å². The van der Waals surface area contributed by atoms with E-state index in [9.17, 15) is 0 Å². The first-order valence-corrected chi connectivity index (χ1v) is 7.58. The maximum Gasteiger partial charge on any atom is 0.0923 e. The molecule has 2 aromatic rings. The van der Waals surface area contributed by atoms with Crippen LogP contribution in [0.2, 0.25) is 0 Å². The summed E-state index contributed by atoms with van der Waals surface area (Å²) < 4.78 is 0. The highest BCUT2D eigenvalue weighted by molar-refractivity contribution is 5.63. The normalized spacial score (nSPS) is 11.0. The Labute approximate surface area is 133 Å². The first-order valence-electron chi connectivity index (χ1n) is 7.58. The Hall–Kier alpha value is -2.29. The topological polar surface area (TPSA) is 27.6 Å². The Morgan fingerprint density at radius 3 is 2.23 bits per heavy atom. The van der Waals surface area contributed by atoms with Crippen LogP contribution in [0, 0.1) is 27.7 Å². The lowest BCUT2D eigenvalue weighted by molar-refractivity contribution is 0.559. The summed E-state index contributed by atoms with van der Waals surface area (Å²) in [6.45, 7) is 9.14. The van der Waals surface area contributed by atoms with Crippen LogP contribution in [0.3, 0.4) is 0 Å². The van der Waals surface area contributed by atoms with Gasteiger partial charge in [0.2, 0.25) is 0 Å². The lowest BCUT2D eigenvalue weighted by Gasteiger charge is -2.17. The van der Waals surface area contributed by atoms with E-state index in [2.05, 4.69) is 74.4 Å². The fourth-order valence-corrected chi connectivity index (χ4v) is 2.37. The van der Waals surface area contributed by atoms with E-state index in [-0.39, 0.29) is 0 Å². The molecule has 116 valence electrons. The van der Waals surface area contributed by atoms with Crippen molar-refractivity contribution in [3.8, 4) is 0 Å². The molecule has 3 heteroatoms. The van der Waals surface area contributed by atoms with Crippen molar-refractivity contribution in [1.29, 1.82) is 0 Å². The number of rotatable bonds is 5. The van der Waals surface area contributed by atoms with E-state index >= 15 is 0 Å². The van der Waals surface area contributed by atoms with Crippen LogP contribution in [0.4, 0.5) is 11.4 Å². The molecule has 0 saturated heterocycles. The van der Waals surface area contributed by atoms with Gasteiger partial charge in [-0.2, -0.15) is 0 Å². The van der Waals surface area contributed by atoms with Gasteiger partial charge in [0.15, 0.2) is 0 Å². The smallest absolute Gasteiger partial charge is 0.0923 e. The van der Waals surface area contributed by atoms with Gasteiger partial charge in [0, 0.05) is 12.7 Å². The van der Waals surface area contributed by atoms with Gasteiger partial charge in [-0.05, 0) is 51.0 Å². The molecule has 0 heterocycles. The largest absolute Gasteiger partial charge is 0.368 e. The fourth-order valence-electron chi connectivity index (χ4n) is 2.37. The summed E-state index contributed by atoms with van der Waals surface area (Å²) in [6, 6.07) is 12.7. The van der Waals surface area contributed by atoms with Gasteiger partial charge in [0.05, 0.1) is 18.7 Å². The maximum atomic E-state index is 4.56. The SMILES string of the molecule is Cc1ccc(N=CN(C)CNc2ccc(C)cc2C)c(C)c1. The molecule has 0 amide bonds. The number of hydrogen-bond donors (Lipinski definition) is 1. The Morgan fingerprint density at radius 1 is 0.955 bits per heavy atom. The Balaban J connectivity index is 1.95. The molecule has 2 aromatic carbocycles. The zero-order valence-electron chi connectivity index (χ0n) is 14.1. The Morgan fingerprint density at radius 2 is 1.59 bits per heavy atom. The van der Waals surface area contributed by atoms with Gasteiger partial charge < -0.3 is 10.2 Å².